The molecule has 0 radical (unpaired) electrons. The highest BCUT2D eigenvalue weighted by Gasteiger charge is 2.23. The van der Waals surface area contributed by atoms with Crippen LogP contribution in [0.2, 0.25) is 5.02 Å². The zero-order valence-corrected chi connectivity index (χ0v) is 16.2. The quantitative estimate of drug-likeness (QED) is 0.667. The van der Waals surface area contributed by atoms with E-state index in [2.05, 4.69) is 15.0 Å². The van der Waals surface area contributed by atoms with Gasteiger partial charge in [-0.2, -0.15) is 0 Å². The fourth-order valence-corrected chi connectivity index (χ4v) is 3.56. The van der Waals surface area contributed by atoms with Gasteiger partial charge >= 0.3 is 0 Å². The molecule has 146 valence electrons. The Morgan fingerprint density at radius 2 is 2.07 bits per heavy atom. The first kappa shape index (κ1) is 18.6. The van der Waals surface area contributed by atoms with E-state index in [-0.39, 0.29) is 11.5 Å². The minimum Gasteiger partial charge on any atom is -0.361 e. The summed E-state index contributed by atoms with van der Waals surface area (Å²) in [6, 6.07) is 6.64. The van der Waals surface area contributed by atoms with Gasteiger partial charge in [0.2, 0.25) is 0 Å². The molecule has 0 bridgehead atoms. The summed E-state index contributed by atoms with van der Waals surface area (Å²) in [6.07, 6.45) is 2.40. The van der Waals surface area contributed by atoms with Gasteiger partial charge in [0.15, 0.2) is 5.69 Å². The smallest absolute Gasteiger partial charge is 0.276 e. The van der Waals surface area contributed by atoms with E-state index >= 15 is 0 Å². The molecule has 8 nitrogen and oxygen atoms in total. The first-order chi connectivity index (χ1) is 13.5. The Morgan fingerprint density at radius 1 is 1.21 bits per heavy atom. The molecule has 28 heavy (non-hydrogen) atoms. The largest absolute Gasteiger partial charge is 0.361 e. The van der Waals surface area contributed by atoms with Crippen molar-refractivity contribution in [1.29, 1.82) is 0 Å². The molecule has 1 aliphatic rings. The topological polar surface area (TPSA) is 84.0 Å². The van der Waals surface area contributed by atoms with Crippen molar-refractivity contribution in [3.05, 3.63) is 63.0 Å². The highest BCUT2D eigenvalue weighted by molar-refractivity contribution is 6.30. The first-order valence-electron chi connectivity index (χ1n) is 9.12. The lowest BCUT2D eigenvalue weighted by molar-refractivity contribution is 0.0750. The van der Waals surface area contributed by atoms with Crippen molar-refractivity contribution in [3.8, 4) is 0 Å². The summed E-state index contributed by atoms with van der Waals surface area (Å²) >= 11 is 5.95. The van der Waals surface area contributed by atoms with Crippen LogP contribution >= 0.6 is 11.6 Å². The Labute approximate surface area is 166 Å². The third kappa shape index (κ3) is 3.93. The predicted octanol–water partition coefficient (Wildman–Crippen LogP) is 1.99. The molecule has 1 aliphatic heterocycles. The molecule has 0 atom stereocenters. The second-order valence-corrected chi connectivity index (χ2v) is 7.34. The average molecular weight is 402 g/mol. The van der Waals surface area contributed by atoms with Gasteiger partial charge in [0.05, 0.1) is 10.7 Å². The highest BCUT2D eigenvalue weighted by Crippen LogP contribution is 2.13. The van der Waals surface area contributed by atoms with Gasteiger partial charge < -0.3 is 9.42 Å². The molecule has 0 unspecified atom stereocenters. The number of carbonyl (C=O) groups is 1. The van der Waals surface area contributed by atoms with Gasteiger partial charge in [0.1, 0.15) is 11.4 Å². The molecule has 0 saturated carbocycles. The van der Waals surface area contributed by atoms with Gasteiger partial charge in [-0.1, -0.05) is 16.8 Å². The van der Waals surface area contributed by atoms with E-state index in [1.54, 1.807) is 36.2 Å². The van der Waals surface area contributed by atoms with E-state index in [0.717, 1.165) is 13.0 Å². The molecule has 0 N–H and O–H groups in total. The summed E-state index contributed by atoms with van der Waals surface area (Å²) in [4.78, 5) is 33.5. The standard InChI is InChI=1S/C19H20ClN5O3/c1-13-9-16(22-28-13)19(27)24-6-2-5-23(7-8-24)12-15-10-18(26)25-11-14(20)3-4-17(25)21-15/h3-4,9-11H,2,5-8,12H2,1H3. The third-order valence-corrected chi connectivity index (χ3v) is 5.01. The maximum Gasteiger partial charge on any atom is 0.276 e. The van der Waals surface area contributed by atoms with Gasteiger partial charge in [-0.05, 0) is 25.5 Å². The van der Waals surface area contributed by atoms with Crippen LogP contribution in [0.25, 0.3) is 5.65 Å². The second-order valence-electron chi connectivity index (χ2n) is 6.91. The van der Waals surface area contributed by atoms with Gasteiger partial charge in [-0.25, -0.2) is 4.98 Å². The fraction of sp³-hybridized carbons (Fsp3) is 0.368. The number of fused-ring (bicyclic) bond motifs is 1. The molecule has 1 fully saturated rings. The number of amides is 1. The lowest BCUT2D eigenvalue weighted by atomic mass is 10.3. The maximum atomic E-state index is 12.6. The normalized spacial score (nSPS) is 15.7. The maximum absolute atomic E-state index is 12.6. The van der Waals surface area contributed by atoms with E-state index in [9.17, 15) is 9.59 Å². The second kappa shape index (κ2) is 7.73. The van der Waals surface area contributed by atoms with Crippen LogP contribution in [0.15, 0.2) is 39.8 Å². The van der Waals surface area contributed by atoms with Gasteiger partial charge in [0, 0.05) is 51.1 Å². The Balaban J connectivity index is 1.45. The van der Waals surface area contributed by atoms with Gasteiger partial charge in [-0.15, -0.1) is 0 Å². The summed E-state index contributed by atoms with van der Waals surface area (Å²) in [5, 5.41) is 4.31. The number of pyridine rings is 1. The predicted molar refractivity (Wildman–Crippen MR) is 104 cm³/mol. The van der Waals surface area contributed by atoms with Crippen molar-refractivity contribution in [1.82, 2.24) is 24.3 Å². The summed E-state index contributed by atoms with van der Waals surface area (Å²) in [5.74, 6) is 0.507. The number of aromatic nitrogens is 3. The van der Waals surface area contributed by atoms with E-state index in [0.29, 0.717) is 54.0 Å². The Kier molecular flexibility index (Phi) is 5.15. The van der Waals surface area contributed by atoms with E-state index in [1.807, 2.05) is 0 Å². The lowest BCUT2D eigenvalue weighted by Gasteiger charge is -2.21. The molecule has 0 aromatic carbocycles. The van der Waals surface area contributed by atoms with E-state index < -0.39 is 0 Å². The number of hydrogen-bond donors (Lipinski definition) is 0. The molecule has 0 spiro atoms. The number of halogens is 1. The molecular formula is C19H20ClN5O3. The summed E-state index contributed by atoms with van der Waals surface area (Å²) in [5.41, 5.74) is 1.46. The minimum atomic E-state index is -0.157. The van der Waals surface area contributed by atoms with Crippen LogP contribution in [0.3, 0.4) is 0 Å². The molecule has 3 aromatic heterocycles. The molecule has 4 rings (SSSR count). The molecule has 1 saturated heterocycles. The van der Waals surface area contributed by atoms with Crippen molar-refractivity contribution < 1.29 is 9.32 Å². The zero-order valence-electron chi connectivity index (χ0n) is 15.5. The molecule has 0 aliphatic carbocycles. The molecule has 9 heteroatoms. The van der Waals surface area contributed by atoms with Crippen molar-refractivity contribution in [2.45, 2.75) is 19.9 Å². The Hall–Kier alpha value is -2.71. The highest BCUT2D eigenvalue weighted by atomic mass is 35.5. The molecule has 4 heterocycles. The molecule has 1 amide bonds. The van der Waals surface area contributed by atoms with Crippen LogP contribution in [0.4, 0.5) is 0 Å². The Bertz CT molecular complexity index is 1080. The van der Waals surface area contributed by atoms with Crippen LogP contribution in [-0.2, 0) is 6.54 Å². The third-order valence-electron chi connectivity index (χ3n) is 4.78. The minimum absolute atomic E-state index is 0.113. The fourth-order valence-electron chi connectivity index (χ4n) is 3.40. The van der Waals surface area contributed by atoms with Crippen molar-refractivity contribution in [3.63, 3.8) is 0 Å². The van der Waals surface area contributed by atoms with Gasteiger partial charge in [0.25, 0.3) is 11.5 Å². The lowest BCUT2D eigenvalue weighted by Crippen LogP contribution is -2.35. The number of aryl methyl sites for hydroxylation is 1. The number of hydrogen-bond acceptors (Lipinski definition) is 6. The average Bonchev–Trinajstić information content (AvgIpc) is 2.97. The number of rotatable bonds is 3. The van der Waals surface area contributed by atoms with Crippen LogP contribution in [0.1, 0.15) is 28.4 Å². The van der Waals surface area contributed by atoms with Crippen molar-refractivity contribution in [2.24, 2.45) is 0 Å². The first-order valence-corrected chi connectivity index (χ1v) is 9.50. The molecule has 3 aromatic rings. The summed E-state index contributed by atoms with van der Waals surface area (Å²) in [6.45, 7) is 5.09. The number of nitrogens with zero attached hydrogens (tertiary/aromatic N) is 5. The zero-order chi connectivity index (χ0) is 19.7. The van der Waals surface area contributed by atoms with E-state index in [4.69, 9.17) is 16.1 Å². The summed E-state index contributed by atoms with van der Waals surface area (Å²) < 4.78 is 6.44. The van der Waals surface area contributed by atoms with Gasteiger partial charge in [-0.3, -0.25) is 18.9 Å². The van der Waals surface area contributed by atoms with E-state index in [1.165, 1.54) is 10.5 Å². The monoisotopic (exact) mass is 401 g/mol. The van der Waals surface area contributed by atoms with Crippen LogP contribution in [0, 0.1) is 6.92 Å². The summed E-state index contributed by atoms with van der Waals surface area (Å²) in [7, 11) is 0. The van der Waals surface area contributed by atoms with Crippen molar-refractivity contribution >= 4 is 23.2 Å². The van der Waals surface area contributed by atoms with Crippen molar-refractivity contribution in [2.75, 3.05) is 26.2 Å². The van der Waals surface area contributed by atoms with Crippen LogP contribution in [0.5, 0.6) is 0 Å². The van der Waals surface area contributed by atoms with Crippen LogP contribution < -0.4 is 5.56 Å². The number of carbonyl (C=O) groups excluding carboxylic acids is 1. The van der Waals surface area contributed by atoms with Crippen LogP contribution in [-0.4, -0.2) is 56.4 Å². The Morgan fingerprint density at radius 3 is 2.86 bits per heavy atom. The SMILES string of the molecule is Cc1cc(C(=O)N2CCCN(Cc3cc(=O)n4cc(Cl)ccc4n3)CC2)no1. The molecular weight excluding hydrogens is 382 g/mol.